The van der Waals surface area contributed by atoms with E-state index >= 15 is 0 Å². The summed E-state index contributed by atoms with van der Waals surface area (Å²) in [5.74, 6) is 1.45. The molecule has 1 N–H and O–H groups in total. The highest BCUT2D eigenvalue weighted by Gasteiger charge is 2.33. The predicted octanol–water partition coefficient (Wildman–Crippen LogP) is 3.50. The molecule has 162 valence electrons. The number of amides is 1. The molecule has 4 aromatic rings. The second kappa shape index (κ2) is 8.68. The van der Waals surface area contributed by atoms with Gasteiger partial charge in [-0.05, 0) is 19.1 Å². The first kappa shape index (κ1) is 20.6. The van der Waals surface area contributed by atoms with Crippen LogP contribution in [0.2, 0.25) is 5.02 Å². The van der Waals surface area contributed by atoms with Crippen LogP contribution in [-0.4, -0.2) is 43.7 Å². The standard InChI is InChI=1S/C22H20ClN7OS/c1-14-18(32-22(28-14)16-5-2-3-6-17(16)23)10-24-21(31)15-11-29(12-15)19-9-20(26-13-25-19)30-8-4-7-27-30/h2-9,13,15H,10-12H2,1H3,(H,24,31). The molecule has 1 aliphatic rings. The highest BCUT2D eigenvalue weighted by Crippen LogP contribution is 2.32. The summed E-state index contributed by atoms with van der Waals surface area (Å²) in [4.78, 5) is 29.0. The van der Waals surface area contributed by atoms with Crippen LogP contribution in [0.4, 0.5) is 5.82 Å². The van der Waals surface area contributed by atoms with Gasteiger partial charge >= 0.3 is 0 Å². The summed E-state index contributed by atoms with van der Waals surface area (Å²) in [6, 6.07) is 11.4. The maximum atomic E-state index is 12.6. The van der Waals surface area contributed by atoms with Crippen molar-refractivity contribution < 1.29 is 4.79 Å². The number of aryl methyl sites for hydroxylation is 1. The van der Waals surface area contributed by atoms with Gasteiger partial charge in [0.1, 0.15) is 17.2 Å². The van der Waals surface area contributed by atoms with Crippen LogP contribution < -0.4 is 10.2 Å². The van der Waals surface area contributed by atoms with E-state index in [0.29, 0.717) is 30.5 Å². The minimum Gasteiger partial charge on any atom is -0.355 e. The SMILES string of the molecule is Cc1nc(-c2ccccc2Cl)sc1CNC(=O)C1CN(c2cc(-n3cccn3)ncn2)C1. The minimum atomic E-state index is -0.0746. The van der Waals surface area contributed by atoms with Crippen molar-refractivity contribution in [3.63, 3.8) is 0 Å². The van der Waals surface area contributed by atoms with E-state index in [-0.39, 0.29) is 11.8 Å². The largest absolute Gasteiger partial charge is 0.355 e. The Bertz CT molecular complexity index is 1250. The van der Waals surface area contributed by atoms with E-state index in [1.165, 1.54) is 6.33 Å². The van der Waals surface area contributed by atoms with E-state index in [9.17, 15) is 4.79 Å². The van der Waals surface area contributed by atoms with Gasteiger partial charge in [0.05, 0.1) is 23.2 Å². The maximum absolute atomic E-state index is 12.6. The molecule has 1 fully saturated rings. The molecule has 0 spiro atoms. The Morgan fingerprint density at radius 1 is 1.22 bits per heavy atom. The lowest BCUT2D eigenvalue weighted by atomic mass is 9.99. The Labute approximate surface area is 193 Å². The molecule has 5 rings (SSSR count). The number of rotatable bonds is 6. The van der Waals surface area contributed by atoms with Crippen molar-refractivity contribution in [2.45, 2.75) is 13.5 Å². The average molecular weight is 466 g/mol. The summed E-state index contributed by atoms with van der Waals surface area (Å²) in [5, 5.41) is 8.78. The first-order chi connectivity index (χ1) is 15.6. The molecule has 3 aromatic heterocycles. The topological polar surface area (TPSA) is 88.8 Å². The fourth-order valence-electron chi connectivity index (χ4n) is 3.52. The Hall–Kier alpha value is -3.30. The molecule has 1 amide bonds. The molecule has 0 unspecified atom stereocenters. The lowest BCUT2D eigenvalue weighted by Gasteiger charge is -2.39. The van der Waals surface area contributed by atoms with Crippen LogP contribution in [0.25, 0.3) is 16.4 Å². The van der Waals surface area contributed by atoms with Crippen molar-refractivity contribution in [2.24, 2.45) is 5.92 Å². The molecule has 8 nitrogen and oxygen atoms in total. The summed E-state index contributed by atoms with van der Waals surface area (Å²) in [6.07, 6.45) is 5.05. The van der Waals surface area contributed by atoms with Crippen LogP contribution in [0.15, 0.2) is 55.1 Å². The van der Waals surface area contributed by atoms with Crippen LogP contribution in [0.3, 0.4) is 0 Å². The van der Waals surface area contributed by atoms with E-state index in [1.54, 1.807) is 22.2 Å². The van der Waals surface area contributed by atoms with Gasteiger partial charge in [0.2, 0.25) is 5.91 Å². The second-order valence-corrected chi connectivity index (χ2v) is 9.00. The van der Waals surface area contributed by atoms with Gasteiger partial charge in [-0.3, -0.25) is 4.79 Å². The third kappa shape index (κ3) is 4.09. The van der Waals surface area contributed by atoms with Gasteiger partial charge in [-0.1, -0.05) is 29.8 Å². The number of carbonyl (C=O) groups excluding carboxylic acids is 1. The highest BCUT2D eigenvalue weighted by molar-refractivity contribution is 7.15. The highest BCUT2D eigenvalue weighted by atomic mass is 35.5. The third-order valence-electron chi connectivity index (χ3n) is 5.37. The van der Waals surface area contributed by atoms with Crippen molar-refractivity contribution in [2.75, 3.05) is 18.0 Å². The summed E-state index contributed by atoms with van der Waals surface area (Å²) < 4.78 is 1.68. The summed E-state index contributed by atoms with van der Waals surface area (Å²) in [5.41, 5.74) is 1.82. The quantitative estimate of drug-likeness (QED) is 0.469. The van der Waals surface area contributed by atoms with Gasteiger partial charge in [-0.25, -0.2) is 19.6 Å². The van der Waals surface area contributed by atoms with Crippen molar-refractivity contribution in [3.05, 3.63) is 70.7 Å². The normalized spacial score (nSPS) is 13.8. The number of nitrogens with zero attached hydrogens (tertiary/aromatic N) is 6. The summed E-state index contributed by atoms with van der Waals surface area (Å²) in [6.45, 7) is 3.65. The van der Waals surface area contributed by atoms with Gasteiger partial charge in [-0.15, -0.1) is 11.3 Å². The van der Waals surface area contributed by atoms with Crippen LogP contribution in [0.5, 0.6) is 0 Å². The zero-order chi connectivity index (χ0) is 22.1. The first-order valence-corrected chi connectivity index (χ1v) is 11.3. The molecule has 4 heterocycles. The number of hydrogen-bond donors (Lipinski definition) is 1. The van der Waals surface area contributed by atoms with Crippen molar-refractivity contribution >= 4 is 34.7 Å². The van der Waals surface area contributed by atoms with Gasteiger partial charge in [0.25, 0.3) is 0 Å². The maximum Gasteiger partial charge on any atom is 0.226 e. The molecular formula is C22H20ClN7OS. The molecule has 0 atom stereocenters. The monoisotopic (exact) mass is 465 g/mol. The number of hydrogen-bond acceptors (Lipinski definition) is 7. The molecule has 1 saturated heterocycles. The fraction of sp³-hybridized carbons (Fsp3) is 0.227. The zero-order valence-corrected chi connectivity index (χ0v) is 18.8. The molecule has 0 bridgehead atoms. The van der Waals surface area contributed by atoms with Crippen LogP contribution in [0, 0.1) is 12.8 Å². The summed E-state index contributed by atoms with van der Waals surface area (Å²) in [7, 11) is 0. The number of aromatic nitrogens is 5. The van der Waals surface area contributed by atoms with Crippen LogP contribution in [-0.2, 0) is 11.3 Å². The van der Waals surface area contributed by atoms with Crippen molar-refractivity contribution in [1.29, 1.82) is 0 Å². The number of halogens is 1. The predicted molar refractivity (Wildman–Crippen MR) is 124 cm³/mol. The Morgan fingerprint density at radius 2 is 2.03 bits per heavy atom. The van der Waals surface area contributed by atoms with Gasteiger partial charge in [0, 0.05) is 42.0 Å². The van der Waals surface area contributed by atoms with Crippen LogP contribution >= 0.6 is 22.9 Å². The van der Waals surface area contributed by atoms with E-state index in [4.69, 9.17) is 11.6 Å². The smallest absolute Gasteiger partial charge is 0.226 e. The fourth-order valence-corrected chi connectivity index (χ4v) is 4.85. The molecule has 0 aliphatic carbocycles. The van der Waals surface area contributed by atoms with Gasteiger partial charge in [-0.2, -0.15) is 5.10 Å². The van der Waals surface area contributed by atoms with Gasteiger partial charge < -0.3 is 10.2 Å². The molecule has 1 aliphatic heterocycles. The molecule has 1 aromatic carbocycles. The summed E-state index contributed by atoms with van der Waals surface area (Å²) >= 11 is 7.86. The first-order valence-electron chi connectivity index (χ1n) is 10.1. The number of benzene rings is 1. The van der Waals surface area contributed by atoms with Crippen molar-refractivity contribution in [3.8, 4) is 16.4 Å². The molecule has 0 radical (unpaired) electrons. The average Bonchev–Trinajstić information content (AvgIpc) is 3.42. The zero-order valence-electron chi connectivity index (χ0n) is 17.3. The molecule has 0 saturated carbocycles. The van der Waals surface area contributed by atoms with Gasteiger partial charge in [0.15, 0.2) is 5.82 Å². The number of anilines is 1. The number of thiazole rings is 1. The number of nitrogens with one attached hydrogen (secondary N) is 1. The Morgan fingerprint density at radius 3 is 2.81 bits per heavy atom. The molecule has 32 heavy (non-hydrogen) atoms. The van der Waals surface area contributed by atoms with E-state index < -0.39 is 0 Å². The minimum absolute atomic E-state index is 0.0368. The van der Waals surface area contributed by atoms with Crippen molar-refractivity contribution in [1.82, 2.24) is 30.0 Å². The Balaban J connectivity index is 1.18. The molecule has 10 heteroatoms. The van der Waals surface area contributed by atoms with Crippen LogP contribution in [0.1, 0.15) is 10.6 Å². The van der Waals surface area contributed by atoms with E-state index in [1.807, 2.05) is 49.5 Å². The second-order valence-electron chi connectivity index (χ2n) is 7.51. The van der Waals surface area contributed by atoms with E-state index in [0.717, 1.165) is 27.0 Å². The molecular weight excluding hydrogens is 446 g/mol. The number of carbonyl (C=O) groups is 1. The Kier molecular flexibility index (Phi) is 5.59. The lowest BCUT2D eigenvalue weighted by Crippen LogP contribution is -2.54. The third-order valence-corrected chi connectivity index (χ3v) is 6.89. The van der Waals surface area contributed by atoms with E-state index in [2.05, 4.69) is 30.3 Å². The lowest BCUT2D eigenvalue weighted by molar-refractivity contribution is -0.125.